The average Bonchev–Trinajstić information content (AvgIpc) is 3.88. The Balaban J connectivity index is 0.885. The fourth-order valence-corrected chi connectivity index (χ4v) is 9.61. The summed E-state index contributed by atoms with van der Waals surface area (Å²) >= 11 is 0. The van der Waals surface area contributed by atoms with Crippen LogP contribution in [0.2, 0.25) is 0 Å². The van der Waals surface area contributed by atoms with Gasteiger partial charge in [-0.15, -0.1) is 10.2 Å². The van der Waals surface area contributed by atoms with Gasteiger partial charge < -0.3 is 19.7 Å². The fraction of sp³-hybridized carbons (Fsp3) is 0.511. The smallest absolute Gasteiger partial charge is 0.320 e. The molecule has 300 valence electrons. The number of urea groups is 1. The lowest BCUT2D eigenvalue weighted by molar-refractivity contribution is 0.116. The molecule has 2 aromatic carbocycles. The first-order valence-corrected chi connectivity index (χ1v) is 21.2. The lowest BCUT2D eigenvalue weighted by Gasteiger charge is -2.34. The molecule has 12 nitrogen and oxygen atoms in total. The molecular weight excluding hydrogens is 715 g/mol. The summed E-state index contributed by atoms with van der Waals surface area (Å²) in [6.07, 6.45) is 13.5. The van der Waals surface area contributed by atoms with Crippen LogP contribution in [-0.2, 0) is 5.41 Å². The summed E-state index contributed by atoms with van der Waals surface area (Å²) in [5, 5.41) is 20.4. The van der Waals surface area contributed by atoms with Crippen molar-refractivity contribution in [2.45, 2.75) is 128 Å². The molecular formula is C45H57N9O3. The number of nitrogens with zero attached hydrogens (tertiary/aromatic N) is 7. The summed E-state index contributed by atoms with van der Waals surface area (Å²) in [5.74, 6) is 3.04. The number of fused-ring (bicyclic) bond motifs is 4. The van der Waals surface area contributed by atoms with E-state index in [0.717, 1.165) is 96.5 Å². The molecule has 2 bridgehead atoms. The lowest BCUT2D eigenvalue weighted by Crippen LogP contribution is -2.41. The highest BCUT2D eigenvalue weighted by atomic mass is 16.5. The van der Waals surface area contributed by atoms with E-state index >= 15 is 0 Å². The fourth-order valence-electron chi connectivity index (χ4n) is 9.61. The standard InChI is InChI=1S/C45H57N9O3/c1-30-11-7-8-24-51(30)44-49-48-41-23-20-35(29-53(41)44)57-39-22-21-38(36-16-5-6-17-37(36)39)46-43(55)47-42-28-40(45(2,3)4)50-54(42)33-14-10-15-34(27-33)56-26-25-52-31-12-9-13-32(52)19-18-31/h5-6,10,14-17,20,23,27-32,38-39H,7-9,11-13,18-19,21-22,24-26H2,1-4H3,(H2,46,47,55)/t30-,31?,32?,38-,39+/m0/s1. The third kappa shape index (κ3) is 7.80. The molecule has 0 saturated carbocycles. The van der Waals surface area contributed by atoms with Crippen molar-refractivity contribution in [3.63, 3.8) is 0 Å². The molecule has 6 heterocycles. The second kappa shape index (κ2) is 15.7. The number of rotatable bonds is 10. The minimum absolute atomic E-state index is 0.158. The van der Waals surface area contributed by atoms with Gasteiger partial charge in [0.25, 0.3) is 0 Å². The van der Waals surface area contributed by atoms with E-state index in [0.29, 0.717) is 18.5 Å². The molecule has 3 fully saturated rings. The summed E-state index contributed by atoms with van der Waals surface area (Å²) < 4.78 is 16.9. The molecule has 3 aromatic heterocycles. The van der Waals surface area contributed by atoms with Gasteiger partial charge in [-0.25, -0.2) is 9.48 Å². The van der Waals surface area contributed by atoms with Gasteiger partial charge in [0, 0.05) is 48.8 Å². The molecule has 5 aromatic rings. The van der Waals surface area contributed by atoms with Crippen molar-refractivity contribution in [3.8, 4) is 17.2 Å². The van der Waals surface area contributed by atoms with E-state index in [2.05, 4.69) is 74.9 Å². The summed E-state index contributed by atoms with van der Waals surface area (Å²) in [5.41, 5.74) is 4.44. The van der Waals surface area contributed by atoms with Gasteiger partial charge in [-0.1, -0.05) is 57.5 Å². The van der Waals surface area contributed by atoms with E-state index < -0.39 is 0 Å². The van der Waals surface area contributed by atoms with Gasteiger partial charge in [0.05, 0.1) is 23.6 Å². The predicted molar refractivity (Wildman–Crippen MR) is 223 cm³/mol. The normalized spacial score (nSPS) is 23.6. The molecule has 0 spiro atoms. The van der Waals surface area contributed by atoms with Gasteiger partial charge in [-0.05, 0) is 100 Å². The molecule has 3 saturated heterocycles. The third-order valence-corrected chi connectivity index (χ3v) is 12.7. The van der Waals surface area contributed by atoms with E-state index in [1.54, 1.807) is 0 Å². The van der Waals surface area contributed by atoms with E-state index in [-0.39, 0.29) is 23.6 Å². The number of amides is 2. The SMILES string of the molecule is C[C@H]1CCCCN1c1nnc2ccc(O[C@@H]3CC[C@H](NC(=O)Nc4cc(C(C)(C)C)nn4-c4cccc(OCCN5C6CCCC5CC6)c4)c4ccccc43)cn12. The van der Waals surface area contributed by atoms with E-state index in [4.69, 9.17) is 14.6 Å². The largest absolute Gasteiger partial charge is 0.492 e. The van der Waals surface area contributed by atoms with Gasteiger partial charge in [-0.3, -0.25) is 14.6 Å². The van der Waals surface area contributed by atoms with E-state index in [9.17, 15) is 4.79 Å². The summed E-state index contributed by atoms with van der Waals surface area (Å²) in [7, 11) is 0. The van der Waals surface area contributed by atoms with Crippen molar-refractivity contribution in [1.82, 2.24) is 34.6 Å². The van der Waals surface area contributed by atoms with Gasteiger partial charge in [-0.2, -0.15) is 5.10 Å². The number of ether oxygens (including phenoxy) is 2. The molecule has 5 atom stereocenters. The van der Waals surface area contributed by atoms with Crippen LogP contribution in [0.1, 0.15) is 121 Å². The molecule has 2 amide bonds. The Morgan fingerprint density at radius 3 is 2.47 bits per heavy atom. The monoisotopic (exact) mass is 771 g/mol. The van der Waals surface area contributed by atoms with Crippen LogP contribution >= 0.6 is 0 Å². The Morgan fingerprint density at radius 2 is 1.67 bits per heavy atom. The maximum atomic E-state index is 13.9. The number of nitrogens with one attached hydrogen (secondary N) is 2. The maximum Gasteiger partial charge on any atom is 0.320 e. The number of carbonyl (C=O) groups excluding carboxylic acids is 1. The predicted octanol–water partition coefficient (Wildman–Crippen LogP) is 8.76. The molecule has 4 aliphatic rings. The first-order valence-electron chi connectivity index (χ1n) is 21.2. The number of aromatic nitrogens is 5. The van der Waals surface area contributed by atoms with Gasteiger partial charge in [0.2, 0.25) is 5.95 Å². The van der Waals surface area contributed by atoms with Gasteiger partial charge in [0.1, 0.15) is 30.0 Å². The van der Waals surface area contributed by atoms with Crippen LogP contribution in [-0.4, -0.2) is 73.1 Å². The van der Waals surface area contributed by atoms with Crippen LogP contribution in [0.15, 0.2) is 72.9 Å². The molecule has 9 rings (SSSR count). The zero-order valence-electron chi connectivity index (χ0n) is 33.9. The Morgan fingerprint density at radius 1 is 0.842 bits per heavy atom. The second-order valence-electron chi connectivity index (χ2n) is 17.6. The molecule has 0 radical (unpaired) electrons. The van der Waals surface area contributed by atoms with Crippen molar-refractivity contribution >= 4 is 23.4 Å². The highest BCUT2D eigenvalue weighted by Gasteiger charge is 2.36. The van der Waals surface area contributed by atoms with Crippen LogP contribution in [0.4, 0.5) is 16.6 Å². The van der Waals surface area contributed by atoms with Crippen LogP contribution in [0, 0.1) is 0 Å². The summed E-state index contributed by atoms with van der Waals surface area (Å²) in [6.45, 7) is 11.2. The zero-order chi connectivity index (χ0) is 39.1. The minimum Gasteiger partial charge on any atom is -0.492 e. The molecule has 2 N–H and O–H groups in total. The molecule has 2 unspecified atom stereocenters. The maximum absolute atomic E-state index is 13.9. The van der Waals surface area contributed by atoms with Crippen LogP contribution in [0.3, 0.4) is 0 Å². The Kier molecular flexibility index (Phi) is 10.3. The lowest BCUT2D eigenvalue weighted by atomic mass is 9.85. The molecule has 57 heavy (non-hydrogen) atoms. The Hall–Kier alpha value is -5.10. The number of benzene rings is 2. The average molecular weight is 772 g/mol. The first kappa shape index (κ1) is 37.5. The van der Waals surface area contributed by atoms with Crippen molar-refractivity contribution in [2.24, 2.45) is 0 Å². The zero-order valence-corrected chi connectivity index (χ0v) is 33.9. The second-order valence-corrected chi connectivity index (χ2v) is 17.6. The minimum atomic E-state index is -0.281. The topological polar surface area (TPSA) is 114 Å². The number of hydrogen-bond acceptors (Lipinski definition) is 8. The van der Waals surface area contributed by atoms with Crippen molar-refractivity contribution < 1.29 is 14.3 Å². The van der Waals surface area contributed by atoms with Crippen LogP contribution < -0.4 is 25.0 Å². The highest BCUT2D eigenvalue weighted by molar-refractivity contribution is 5.89. The van der Waals surface area contributed by atoms with Crippen molar-refractivity contribution in [1.29, 1.82) is 0 Å². The van der Waals surface area contributed by atoms with Crippen LogP contribution in [0.25, 0.3) is 11.3 Å². The molecule has 1 aliphatic carbocycles. The number of anilines is 2. The Labute approximate surface area is 335 Å². The third-order valence-electron chi connectivity index (χ3n) is 12.7. The van der Waals surface area contributed by atoms with E-state index in [1.165, 1.54) is 38.5 Å². The van der Waals surface area contributed by atoms with Crippen molar-refractivity contribution in [2.75, 3.05) is 29.9 Å². The summed E-state index contributed by atoms with van der Waals surface area (Å²) in [6, 6.07) is 23.6. The van der Waals surface area contributed by atoms with E-state index in [1.807, 2.05) is 65.5 Å². The highest BCUT2D eigenvalue weighted by Crippen LogP contribution is 2.40. The molecule has 3 aliphatic heterocycles. The Bertz CT molecular complexity index is 2190. The van der Waals surface area contributed by atoms with Gasteiger partial charge >= 0.3 is 6.03 Å². The number of carbonyl (C=O) groups is 1. The number of piperidine rings is 2. The van der Waals surface area contributed by atoms with Gasteiger partial charge in [0.15, 0.2) is 5.65 Å². The summed E-state index contributed by atoms with van der Waals surface area (Å²) in [4.78, 5) is 18.9. The number of hydrogen-bond donors (Lipinski definition) is 2. The quantitative estimate of drug-likeness (QED) is 0.145. The first-order chi connectivity index (χ1) is 27.7. The number of pyridine rings is 1. The van der Waals surface area contributed by atoms with Crippen LogP contribution in [0.5, 0.6) is 11.5 Å². The molecule has 12 heteroatoms. The van der Waals surface area contributed by atoms with Crippen molar-refractivity contribution in [3.05, 3.63) is 89.7 Å².